The van der Waals surface area contributed by atoms with Crippen molar-refractivity contribution in [2.24, 2.45) is 0 Å². The van der Waals surface area contributed by atoms with Crippen LogP contribution in [-0.4, -0.2) is 22.6 Å². The van der Waals surface area contributed by atoms with Gasteiger partial charge in [-0.1, -0.05) is 12.1 Å². The third kappa shape index (κ3) is 2.14. The number of aromatic nitrogens is 1. The smallest absolute Gasteiger partial charge is 0.335 e. The highest BCUT2D eigenvalue weighted by atomic mass is 16.4. The first kappa shape index (κ1) is 13.5. The van der Waals surface area contributed by atoms with Gasteiger partial charge < -0.3 is 21.1 Å². The number of nitrogens with two attached hydrogens (primary N) is 1. The van der Waals surface area contributed by atoms with E-state index in [0.717, 1.165) is 39.0 Å². The summed E-state index contributed by atoms with van der Waals surface area (Å²) in [6.45, 7) is 0.703. The van der Waals surface area contributed by atoms with E-state index >= 15 is 0 Å². The number of H-pyrrole nitrogens is 1. The Labute approximate surface area is 132 Å². The number of fused-ring (bicyclic) bond motifs is 2. The third-order valence-corrected chi connectivity index (χ3v) is 4.19. The molecule has 3 aromatic rings. The van der Waals surface area contributed by atoms with Crippen molar-refractivity contribution in [2.45, 2.75) is 0 Å². The fourth-order valence-corrected chi connectivity index (χ4v) is 3.03. The number of nitrogen functional groups attached to an aromatic ring is 1. The molecule has 1 aromatic heterocycles. The van der Waals surface area contributed by atoms with Crippen LogP contribution in [0.15, 0.2) is 42.6 Å². The van der Waals surface area contributed by atoms with Crippen molar-refractivity contribution >= 4 is 39.9 Å². The maximum absolute atomic E-state index is 11.2. The molecule has 0 fully saturated rings. The van der Waals surface area contributed by atoms with E-state index in [0.29, 0.717) is 6.54 Å². The highest BCUT2D eigenvalue weighted by Gasteiger charge is 2.18. The van der Waals surface area contributed by atoms with Gasteiger partial charge >= 0.3 is 5.97 Å². The Kier molecular flexibility index (Phi) is 2.87. The van der Waals surface area contributed by atoms with Crippen molar-refractivity contribution < 1.29 is 9.90 Å². The molecule has 5 nitrogen and oxygen atoms in total. The molecular formula is C18H15N3O2. The number of benzene rings is 2. The second kappa shape index (κ2) is 4.91. The molecule has 0 bridgehead atoms. The number of carboxylic acid groups (broad SMARTS) is 1. The lowest BCUT2D eigenvalue weighted by Gasteiger charge is -2.02. The third-order valence-electron chi connectivity index (χ3n) is 4.19. The Balaban J connectivity index is 1.84. The van der Waals surface area contributed by atoms with E-state index in [1.165, 1.54) is 0 Å². The van der Waals surface area contributed by atoms with Crippen molar-refractivity contribution in [1.29, 1.82) is 0 Å². The van der Waals surface area contributed by atoms with Gasteiger partial charge in [0.1, 0.15) is 0 Å². The Morgan fingerprint density at radius 2 is 2.13 bits per heavy atom. The van der Waals surface area contributed by atoms with Crippen LogP contribution < -0.4 is 11.1 Å². The van der Waals surface area contributed by atoms with Crippen molar-refractivity contribution in [2.75, 3.05) is 17.6 Å². The van der Waals surface area contributed by atoms with Crippen LogP contribution in [0.25, 0.3) is 22.6 Å². The molecule has 114 valence electrons. The molecule has 0 saturated carbocycles. The Morgan fingerprint density at radius 3 is 2.96 bits per heavy atom. The van der Waals surface area contributed by atoms with E-state index in [4.69, 9.17) is 10.8 Å². The first-order valence-corrected chi connectivity index (χ1v) is 7.31. The number of aromatic carboxylic acids is 1. The van der Waals surface area contributed by atoms with Crippen LogP contribution in [0.2, 0.25) is 0 Å². The molecule has 2 heterocycles. The number of rotatable bonds is 2. The van der Waals surface area contributed by atoms with E-state index < -0.39 is 5.97 Å². The van der Waals surface area contributed by atoms with Crippen LogP contribution in [0.5, 0.6) is 0 Å². The zero-order valence-electron chi connectivity index (χ0n) is 12.3. The van der Waals surface area contributed by atoms with Gasteiger partial charge in [-0.15, -0.1) is 0 Å². The number of carboxylic acids is 1. The molecular weight excluding hydrogens is 290 g/mol. The summed E-state index contributed by atoms with van der Waals surface area (Å²) in [7, 11) is 0. The average molecular weight is 305 g/mol. The molecule has 0 aliphatic carbocycles. The minimum absolute atomic E-state index is 0.283. The number of hydrogen-bond donors (Lipinski definition) is 4. The van der Waals surface area contributed by atoms with Crippen LogP contribution in [0.1, 0.15) is 21.5 Å². The van der Waals surface area contributed by atoms with Crippen LogP contribution in [0.3, 0.4) is 0 Å². The van der Waals surface area contributed by atoms with Crippen LogP contribution in [0.4, 0.5) is 11.4 Å². The largest absolute Gasteiger partial charge is 0.478 e. The number of hydrogen-bond acceptors (Lipinski definition) is 3. The SMILES string of the molecule is Nc1cccc2c1NCC2=Cc1c[nH]c2ccc(C(=O)O)cc12. The number of anilines is 2. The van der Waals surface area contributed by atoms with E-state index in [9.17, 15) is 4.79 Å². The summed E-state index contributed by atoms with van der Waals surface area (Å²) in [5.74, 6) is -0.924. The van der Waals surface area contributed by atoms with Gasteiger partial charge in [-0.05, 0) is 35.9 Å². The molecule has 0 amide bonds. The van der Waals surface area contributed by atoms with Gasteiger partial charge in [0.05, 0.1) is 16.9 Å². The fraction of sp³-hybridized carbons (Fsp3) is 0.0556. The van der Waals surface area contributed by atoms with Crippen molar-refractivity contribution in [1.82, 2.24) is 4.98 Å². The second-order valence-corrected chi connectivity index (χ2v) is 5.60. The molecule has 0 unspecified atom stereocenters. The standard InChI is InChI=1S/C18H15N3O2/c19-15-3-1-2-13-11(9-21-17(13)15)6-12-8-20-16-5-4-10(18(22)23)7-14(12)16/h1-8,20-21H,9,19H2,(H,22,23). The first-order valence-electron chi connectivity index (χ1n) is 7.31. The summed E-state index contributed by atoms with van der Waals surface area (Å²) in [4.78, 5) is 14.4. The predicted molar refractivity (Wildman–Crippen MR) is 92.5 cm³/mol. The van der Waals surface area contributed by atoms with Crippen molar-refractivity contribution in [3.63, 3.8) is 0 Å². The van der Waals surface area contributed by atoms with Crippen LogP contribution in [0, 0.1) is 0 Å². The zero-order chi connectivity index (χ0) is 16.0. The lowest BCUT2D eigenvalue weighted by molar-refractivity contribution is 0.0697. The summed E-state index contributed by atoms with van der Waals surface area (Å²) in [5.41, 5.74) is 12.1. The molecule has 5 N–H and O–H groups in total. The second-order valence-electron chi connectivity index (χ2n) is 5.60. The topological polar surface area (TPSA) is 91.1 Å². The number of para-hydroxylation sites is 1. The molecule has 5 heteroatoms. The van der Waals surface area contributed by atoms with E-state index in [-0.39, 0.29) is 5.56 Å². The highest BCUT2D eigenvalue weighted by molar-refractivity contribution is 6.02. The lowest BCUT2D eigenvalue weighted by Crippen LogP contribution is -1.95. The number of aromatic amines is 1. The first-order chi connectivity index (χ1) is 11.1. The maximum Gasteiger partial charge on any atom is 0.335 e. The number of nitrogens with one attached hydrogen (secondary N) is 2. The minimum atomic E-state index is -0.924. The molecule has 0 saturated heterocycles. The molecule has 1 aliphatic rings. The Morgan fingerprint density at radius 1 is 1.26 bits per heavy atom. The monoisotopic (exact) mass is 305 g/mol. The molecule has 0 spiro atoms. The van der Waals surface area contributed by atoms with E-state index in [1.54, 1.807) is 18.2 Å². The summed E-state index contributed by atoms with van der Waals surface area (Å²) in [6, 6.07) is 10.9. The van der Waals surface area contributed by atoms with E-state index in [2.05, 4.69) is 16.4 Å². The molecule has 23 heavy (non-hydrogen) atoms. The summed E-state index contributed by atoms with van der Waals surface area (Å²) < 4.78 is 0. The molecule has 4 rings (SSSR count). The van der Waals surface area contributed by atoms with E-state index in [1.807, 2.05) is 24.4 Å². The average Bonchev–Trinajstić information content (AvgIpc) is 3.13. The summed E-state index contributed by atoms with van der Waals surface area (Å²) in [6.07, 6.45) is 3.97. The van der Waals surface area contributed by atoms with Gasteiger partial charge in [0.15, 0.2) is 0 Å². The Hall–Kier alpha value is -3.21. The van der Waals surface area contributed by atoms with Gasteiger partial charge in [0, 0.05) is 34.8 Å². The lowest BCUT2D eigenvalue weighted by atomic mass is 10.0. The molecule has 2 aromatic carbocycles. The molecule has 0 radical (unpaired) electrons. The molecule has 1 aliphatic heterocycles. The summed E-state index contributed by atoms with van der Waals surface area (Å²) >= 11 is 0. The van der Waals surface area contributed by atoms with Crippen LogP contribution >= 0.6 is 0 Å². The summed E-state index contributed by atoms with van der Waals surface area (Å²) in [5, 5.41) is 13.4. The van der Waals surface area contributed by atoms with Crippen LogP contribution in [-0.2, 0) is 0 Å². The molecule has 0 atom stereocenters. The van der Waals surface area contributed by atoms with Crippen molar-refractivity contribution in [3.05, 3.63) is 59.3 Å². The normalized spacial score (nSPS) is 14.9. The predicted octanol–water partition coefficient (Wildman–Crippen LogP) is 3.41. The fourth-order valence-electron chi connectivity index (χ4n) is 3.03. The number of carbonyl (C=O) groups is 1. The van der Waals surface area contributed by atoms with Gasteiger partial charge in [-0.3, -0.25) is 0 Å². The highest BCUT2D eigenvalue weighted by Crippen LogP contribution is 2.36. The van der Waals surface area contributed by atoms with Gasteiger partial charge in [-0.2, -0.15) is 0 Å². The van der Waals surface area contributed by atoms with Crippen molar-refractivity contribution in [3.8, 4) is 0 Å². The van der Waals surface area contributed by atoms with Gasteiger partial charge in [0.2, 0.25) is 0 Å². The maximum atomic E-state index is 11.2. The van der Waals surface area contributed by atoms with Gasteiger partial charge in [0.25, 0.3) is 0 Å². The quantitative estimate of drug-likeness (QED) is 0.546. The minimum Gasteiger partial charge on any atom is -0.478 e. The zero-order valence-corrected chi connectivity index (χ0v) is 12.3. The van der Waals surface area contributed by atoms with Gasteiger partial charge in [-0.25, -0.2) is 4.79 Å². The Bertz CT molecular complexity index is 970.